The van der Waals surface area contributed by atoms with Crippen molar-refractivity contribution in [3.63, 3.8) is 0 Å². The molecule has 0 radical (unpaired) electrons. The summed E-state index contributed by atoms with van der Waals surface area (Å²) in [6, 6.07) is 2.08. The van der Waals surface area contributed by atoms with Gasteiger partial charge >= 0.3 is 12.4 Å². The molecule has 2 aliphatic rings. The molecule has 1 heterocycles. The van der Waals surface area contributed by atoms with E-state index in [1.165, 1.54) is 0 Å². The maximum absolute atomic E-state index is 13.4. The molecule has 11 heteroatoms. The molecule has 3 rings (SSSR count). The third kappa shape index (κ3) is 6.67. The van der Waals surface area contributed by atoms with E-state index in [1.54, 1.807) is 0 Å². The van der Waals surface area contributed by atoms with Gasteiger partial charge in [-0.15, -0.1) is 0 Å². The summed E-state index contributed by atoms with van der Waals surface area (Å²) in [5, 5.41) is 2.67. The number of nitrogens with one attached hydrogen (secondary N) is 1. The zero-order valence-corrected chi connectivity index (χ0v) is 23.2. The molecule has 206 valence electrons. The van der Waals surface area contributed by atoms with E-state index in [2.05, 4.69) is 19.4 Å². The predicted octanol–water partition coefficient (Wildman–Crippen LogP) is 2.79. The normalized spacial score (nSPS) is 24.0. The summed E-state index contributed by atoms with van der Waals surface area (Å²) in [7, 11) is 4.35. The van der Waals surface area contributed by atoms with Crippen LogP contribution in [0.25, 0.3) is 0 Å². The number of hydrogen-bond acceptors (Lipinski definition) is 2. The Morgan fingerprint density at radius 2 is 1.53 bits per heavy atom. The number of carbonyl (C=O) groups excluding carboxylic acids is 1. The molecule has 0 unspecified atom stereocenters. The fourth-order valence-electron chi connectivity index (χ4n) is 5.74. The molecule has 0 aromatic heterocycles. The zero-order chi connectivity index (χ0) is 26.2. The highest BCUT2D eigenvalue weighted by Gasteiger charge is 2.53. The molecular weight excluding hydrogens is 601 g/mol. The maximum Gasteiger partial charge on any atom is 0.416 e. The lowest BCUT2D eigenvalue weighted by atomic mass is 9.74. The SMILES string of the molecule is CC(C)[C@]1(C(=O)NCc2cc(C(F)(F)F)cc(C(F)(F)F)c2)CC[C@@H]([N+](C)(C)C2CCOCC2)C1.[I-]. The van der Waals surface area contributed by atoms with E-state index in [-0.39, 0.29) is 53.5 Å². The molecular formula is C25H35F6IN2O2. The molecule has 1 aliphatic heterocycles. The fraction of sp³-hybridized carbons (Fsp3) is 0.720. The molecule has 1 aromatic rings. The molecule has 2 atom stereocenters. The van der Waals surface area contributed by atoms with Crippen LogP contribution in [0.2, 0.25) is 0 Å². The third-order valence-corrected chi connectivity index (χ3v) is 8.25. The largest absolute Gasteiger partial charge is 1.00 e. The van der Waals surface area contributed by atoms with Crippen LogP contribution < -0.4 is 29.3 Å². The van der Waals surface area contributed by atoms with Crippen molar-refractivity contribution in [2.45, 2.75) is 76.9 Å². The summed E-state index contributed by atoms with van der Waals surface area (Å²) in [5.41, 5.74) is -3.72. The van der Waals surface area contributed by atoms with Crippen molar-refractivity contribution < 1.29 is 64.3 Å². The third-order valence-electron chi connectivity index (χ3n) is 8.25. The lowest BCUT2D eigenvalue weighted by molar-refractivity contribution is -0.940. The molecule has 1 amide bonds. The highest BCUT2D eigenvalue weighted by Crippen LogP contribution is 2.48. The van der Waals surface area contributed by atoms with Crippen LogP contribution in [0.3, 0.4) is 0 Å². The van der Waals surface area contributed by atoms with Crippen molar-refractivity contribution in [1.29, 1.82) is 0 Å². The first kappa shape index (κ1) is 31.1. The molecule has 1 saturated carbocycles. The Kier molecular flexibility index (Phi) is 9.81. The average Bonchev–Trinajstić information content (AvgIpc) is 3.25. The lowest BCUT2D eigenvalue weighted by Gasteiger charge is -2.45. The van der Waals surface area contributed by atoms with E-state index in [0.717, 1.165) is 23.7 Å². The van der Waals surface area contributed by atoms with Gasteiger partial charge in [-0.1, -0.05) is 13.8 Å². The fourth-order valence-corrected chi connectivity index (χ4v) is 5.74. The monoisotopic (exact) mass is 636 g/mol. The minimum atomic E-state index is -4.93. The van der Waals surface area contributed by atoms with Crippen LogP contribution in [0.1, 0.15) is 62.6 Å². The number of nitrogens with zero attached hydrogens (tertiary/aromatic N) is 1. The van der Waals surface area contributed by atoms with Crippen LogP contribution in [0.15, 0.2) is 18.2 Å². The Hall–Kier alpha value is -1.08. The van der Waals surface area contributed by atoms with Crippen LogP contribution in [0.4, 0.5) is 26.3 Å². The molecule has 4 nitrogen and oxygen atoms in total. The second-order valence-corrected chi connectivity index (χ2v) is 10.8. The predicted molar refractivity (Wildman–Crippen MR) is 119 cm³/mol. The van der Waals surface area contributed by atoms with Crippen molar-refractivity contribution >= 4 is 5.91 Å². The summed E-state index contributed by atoms with van der Waals surface area (Å²) >= 11 is 0. The lowest BCUT2D eigenvalue weighted by Crippen LogP contribution is -3.00. The van der Waals surface area contributed by atoms with Gasteiger partial charge in [-0.05, 0) is 36.1 Å². The van der Waals surface area contributed by atoms with Gasteiger partial charge in [-0.3, -0.25) is 4.79 Å². The van der Waals surface area contributed by atoms with E-state index in [4.69, 9.17) is 4.74 Å². The van der Waals surface area contributed by atoms with Crippen molar-refractivity contribution in [3.8, 4) is 0 Å². The maximum atomic E-state index is 13.4. The number of amides is 1. The van der Waals surface area contributed by atoms with Crippen molar-refractivity contribution in [2.75, 3.05) is 27.3 Å². The summed E-state index contributed by atoms with van der Waals surface area (Å²) in [6.45, 7) is 4.92. The number of carbonyl (C=O) groups is 1. The highest BCUT2D eigenvalue weighted by atomic mass is 127. The number of alkyl halides is 6. The summed E-state index contributed by atoms with van der Waals surface area (Å²) < 4.78 is 85.4. The van der Waals surface area contributed by atoms with Crippen LogP contribution >= 0.6 is 0 Å². The molecule has 36 heavy (non-hydrogen) atoms. The number of benzene rings is 1. The molecule has 1 aliphatic carbocycles. The van der Waals surface area contributed by atoms with Crippen LogP contribution in [-0.4, -0.2) is 49.8 Å². The van der Waals surface area contributed by atoms with Gasteiger partial charge in [0.05, 0.1) is 55.9 Å². The number of ether oxygens (including phenoxy) is 1. The van der Waals surface area contributed by atoms with Gasteiger partial charge in [0.2, 0.25) is 5.91 Å². The Bertz CT molecular complexity index is 881. The first-order valence-electron chi connectivity index (χ1n) is 12.0. The van der Waals surface area contributed by atoms with Gasteiger partial charge in [0, 0.05) is 32.2 Å². The van der Waals surface area contributed by atoms with Crippen molar-refractivity contribution in [2.24, 2.45) is 11.3 Å². The molecule has 1 N–H and O–H groups in total. The first-order valence-corrected chi connectivity index (χ1v) is 12.0. The van der Waals surface area contributed by atoms with Crippen LogP contribution in [0.5, 0.6) is 0 Å². The first-order chi connectivity index (χ1) is 16.1. The zero-order valence-electron chi connectivity index (χ0n) is 21.0. The van der Waals surface area contributed by atoms with Crippen molar-refractivity contribution in [1.82, 2.24) is 5.32 Å². The highest BCUT2D eigenvalue weighted by molar-refractivity contribution is 5.83. The second kappa shape index (κ2) is 11.3. The standard InChI is InChI=1S/C25H34F6N2O2.HI/c1-16(2)23(8-5-21(14-23)33(3,4)20-6-9-35-10-7-20)22(34)32-15-17-11-18(24(26,27)28)13-19(12-17)25(29,30)31;/h11-13,16,20-21H,5-10,14-15H2,1-4H3;1H/t21-,23+;/m1./s1. The molecule has 1 aromatic carbocycles. The van der Waals surface area contributed by atoms with Crippen molar-refractivity contribution in [3.05, 3.63) is 34.9 Å². The van der Waals surface area contributed by atoms with E-state index in [1.807, 2.05) is 13.8 Å². The summed E-state index contributed by atoms with van der Waals surface area (Å²) in [6.07, 6.45) is -5.88. The van der Waals surface area contributed by atoms with Gasteiger partial charge in [0.15, 0.2) is 0 Å². The van der Waals surface area contributed by atoms with Crippen LogP contribution in [0, 0.1) is 11.3 Å². The van der Waals surface area contributed by atoms with Gasteiger partial charge < -0.3 is 38.5 Å². The van der Waals surface area contributed by atoms with Crippen LogP contribution in [-0.2, 0) is 28.4 Å². The smallest absolute Gasteiger partial charge is 0.416 e. The number of halogens is 7. The van der Waals surface area contributed by atoms with Gasteiger partial charge in [-0.25, -0.2) is 0 Å². The van der Waals surface area contributed by atoms with E-state index in [9.17, 15) is 31.1 Å². The molecule has 0 bridgehead atoms. The molecule has 0 spiro atoms. The quantitative estimate of drug-likeness (QED) is 0.297. The molecule has 2 fully saturated rings. The minimum absolute atomic E-state index is 0. The summed E-state index contributed by atoms with van der Waals surface area (Å²) in [5.74, 6) is -0.345. The van der Waals surface area contributed by atoms with Gasteiger partial charge in [0.1, 0.15) is 0 Å². The Morgan fingerprint density at radius 3 is 2.00 bits per heavy atom. The molecule has 1 saturated heterocycles. The number of rotatable bonds is 6. The topological polar surface area (TPSA) is 38.3 Å². The van der Waals surface area contributed by atoms with Gasteiger partial charge in [0.25, 0.3) is 0 Å². The second-order valence-electron chi connectivity index (χ2n) is 10.8. The Morgan fingerprint density at radius 1 is 1.00 bits per heavy atom. The number of hydrogen-bond donors (Lipinski definition) is 1. The average molecular weight is 636 g/mol. The van der Waals surface area contributed by atoms with Gasteiger partial charge in [-0.2, -0.15) is 26.3 Å². The minimum Gasteiger partial charge on any atom is -1.00 e. The Labute approximate surface area is 225 Å². The van der Waals surface area contributed by atoms with E-state index >= 15 is 0 Å². The van der Waals surface area contributed by atoms with E-state index in [0.29, 0.717) is 44.2 Å². The van der Waals surface area contributed by atoms with E-state index < -0.39 is 35.4 Å². The summed E-state index contributed by atoms with van der Waals surface area (Å²) in [4.78, 5) is 13.4. The Balaban J connectivity index is 0.00000456. The number of quaternary nitrogens is 1.